The summed E-state index contributed by atoms with van der Waals surface area (Å²) in [7, 11) is 0. The average molecular weight is 379 g/mol. The van der Waals surface area contributed by atoms with Gasteiger partial charge >= 0.3 is 0 Å². The monoisotopic (exact) mass is 379 g/mol. The molecule has 0 spiro atoms. The lowest BCUT2D eigenvalue weighted by atomic mass is 9.91. The summed E-state index contributed by atoms with van der Waals surface area (Å²) >= 11 is 2.35. The second-order valence-electron chi connectivity index (χ2n) is 5.34. The van der Waals surface area contributed by atoms with Gasteiger partial charge in [0.15, 0.2) is 0 Å². The molecule has 20 heavy (non-hydrogen) atoms. The zero-order valence-electron chi connectivity index (χ0n) is 12.6. The van der Waals surface area contributed by atoms with Gasteiger partial charge in [-0.05, 0) is 89.9 Å². The van der Waals surface area contributed by atoms with Gasteiger partial charge in [-0.1, -0.05) is 31.2 Å². The molecule has 1 atom stereocenters. The summed E-state index contributed by atoms with van der Waals surface area (Å²) in [6.45, 7) is 9.70. The van der Waals surface area contributed by atoms with Gasteiger partial charge in [0.25, 0.3) is 0 Å². The summed E-state index contributed by atoms with van der Waals surface area (Å²) in [5.41, 5.74) is 6.80. The summed E-state index contributed by atoms with van der Waals surface area (Å²) in [6.07, 6.45) is 0. The third-order valence-electron chi connectivity index (χ3n) is 3.80. The molecule has 1 unspecified atom stereocenters. The zero-order valence-corrected chi connectivity index (χ0v) is 14.8. The van der Waals surface area contributed by atoms with E-state index in [4.69, 9.17) is 0 Å². The Morgan fingerprint density at radius 2 is 1.55 bits per heavy atom. The Morgan fingerprint density at radius 1 is 0.950 bits per heavy atom. The first-order valence-corrected chi connectivity index (χ1v) is 8.17. The van der Waals surface area contributed by atoms with Crippen LogP contribution in [0.15, 0.2) is 36.4 Å². The predicted octanol–water partition coefficient (Wildman–Crippen LogP) is 4.92. The molecule has 2 heteroatoms. The number of halogens is 1. The molecular formula is C18H22IN. The van der Waals surface area contributed by atoms with Crippen molar-refractivity contribution in [2.24, 2.45) is 0 Å². The second kappa shape index (κ2) is 6.72. The number of nitrogens with one attached hydrogen (secondary N) is 1. The minimum absolute atomic E-state index is 0.274. The fourth-order valence-corrected chi connectivity index (χ4v) is 2.92. The Labute approximate surface area is 135 Å². The fraction of sp³-hybridized carbons (Fsp3) is 0.333. The van der Waals surface area contributed by atoms with E-state index in [1.165, 1.54) is 31.4 Å². The summed E-state index contributed by atoms with van der Waals surface area (Å²) in [4.78, 5) is 0. The second-order valence-corrected chi connectivity index (χ2v) is 6.58. The molecule has 0 fully saturated rings. The van der Waals surface area contributed by atoms with Crippen molar-refractivity contribution in [2.45, 2.75) is 33.7 Å². The van der Waals surface area contributed by atoms with Crippen molar-refractivity contribution in [1.82, 2.24) is 5.32 Å². The van der Waals surface area contributed by atoms with Gasteiger partial charge in [0, 0.05) is 3.57 Å². The molecule has 0 aliphatic heterocycles. The van der Waals surface area contributed by atoms with E-state index in [0.717, 1.165) is 6.54 Å². The predicted molar refractivity (Wildman–Crippen MR) is 95.3 cm³/mol. The minimum Gasteiger partial charge on any atom is -0.307 e. The first-order valence-electron chi connectivity index (χ1n) is 7.09. The van der Waals surface area contributed by atoms with E-state index >= 15 is 0 Å². The number of aryl methyl sites for hydroxylation is 3. The maximum atomic E-state index is 3.62. The average Bonchev–Trinajstić information content (AvgIpc) is 2.42. The number of benzene rings is 2. The van der Waals surface area contributed by atoms with Gasteiger partial charge in [0.05, 0.1) is 6.04 Å². The van der Waals surface area contributed by atoms with Crippen molar-refractivity contribution >= 4 is 22.6 Å². The zero-order chi connectivity index (χ0) is 14.7. The first-order chi connectivity index (χ1) is 9.52. The molecule has 2 aromatic rings. The van der Waals surface area contributed by atoms with Gasteiger partial charge in [0.1, 0.15) is 0 Å². The molecule has 2 aromatic carbocycles. The van der Waals surface area contributed by atoms with Gasteiger partial charge in [-0.2, -0.15) is 0 Å². The van der Waals surface area contributed by atoms with E-state index < -0.39 is 0 Å². The highest BCUT2D eigenvalue weighted by atomic mass is 127. The Hall–Kier alpha value is -0.870. The van der Waals surface area contributed by atoms with Crippen molar-refractivity contribution in [1.29, 1.82) is 0 Å². The number of hydrogen-bond donors (Lipinski definition) is 1. The lowest BCUT2D eigenvalue weighted by Gasteiger charge is -2.22. The van der Waals surface area contributed by atoms with Gasteiger partial charge in [-0.15, -0.1) is 0 Å². The maximum Gasteiger partial charge on any atom is 0.0579 e. The molecular weight excluding hydrogens is 357 g/mol. The van der Waals surface area contributed by atoms with Crippen LogP contribution in [0.2, 0.25) is 0 Å². The van der Waals surface area contributed by atoms with Crippen LogP contribution < -0.4 is 5.32 Å². The van der Waals surface area contributed by atoms with E-state index in [0.29, 0.717) is 0 Å². The largest absolute Gasteiger partial charge is 0.307 e. The molecule has 1 N–H and O–H groups in total. The van der Waals surface area contributed by atoms with Crippen LogP contribution in [0.25, 0.3) is 0 Å². The molecule has 0 amide bonds. The van der Waals surface area contributed by atoms with Crippen LogP contribution in [-0.2, 0) is 0 Å². The van der Waals surface area contributed by atoms with Crippen molar-refractivity contribution in [2.75, 3.05) is 6.54 Å². The van der Waals surface area contributed by atoms with Crippen molar-refractivity contribution in [3.05, 3.63) is 67.8 Å². The lowest BCUT2D eigenvalue weighted by molar-refractivity contribution is 0.627. The lowest BCUT2D eigenvalue weighted by Crippen LogP contribution is -2.23. The molecule has 0 saturated heterocycles. The Morgan fingerprint density at radius 3 is 2.15 bits per heavy atom. The number of rotatable bonds is 4. The molecule has 0 aromatic heterocycles. The first kappa shape index (κ1) is 15.5. The quantitative estimate of drug-likeness (QED) is 0.744. The highest BCUT2D eigenvalue weighted by Crippen LogP contribution is 2.27. The van der Waals surface area contributed by atoms with Crippen LogP contribution >= 0.6 is 22.6 Å². The highest BCUT2D eigenvalue weighted by Gasteiger charge is 2.16. The molecule has 0 saturated carbocycles. The van der Waals surface area contributed by atoms with Crippen LogP contribution in [-0.4, -0.2) is 6.54 Å². The van der Waals surface area contributed by atoms with Crippen LogP contribution in [0.5, 0.6) is 0 Å². The summed E-state index contributed by atoms with van der Waals surface area (Å²) in [6, 6.07) is 13.7. The van der Waals surface area contributed by atoms with Gasteiger partial charge in [-0.25, -0.2) is 0 Å². The Bertz CT molecular complexity index is 587. The van der Waals surface area contributed by atoms with Crippen molar-refractivity contribution < 1.29 is 0 Å². The molecule has 0 aliphatic rings. The number of hydrogen-bond acceptors (Lipinski definition) is 1. The Balaban J connectivity index is 2.48. The minimum atomic E-state index is 0.274. The topological polar surface area (TPSA) is 12.0 Å². The molecule has 0 radical (unpaired) electrons. The van der Waals surface area contributed by atoms with Gasteiger partial charge < -0.3 is 5.32 Å². The third kappa shape index (κ3) is 3.41. The molecule has 1 nitrogen and oxygen atoms in total. The van der Waals surface area contributed by atoms with Crippen LogP contribution in [0.3, 0.4) is 0 Å². The molecule has 2 rings (SSSR count). The van der Waals surface area contributed by atoms with Crippen LogP contribution in [0.4, 0.5) is 0 Å². The van der Waals surface area contributed by atoms with E-state index in [1.54, 1.807) is 0 Å². The normalized spacial score (nSPS) is 12.4. The SMILES string of the molecule is CCNC(c1ccc(I)cc1)c1cc(C)c(C)cc1C. The molecule has 0 heterocycles. The van der Waals surface area contributed by atoms with Crippen LogP contribution in [0.1, 0.15) is 40.8 Å². The standard InChI is InChI=1S/C18H22IN/c1-5-20-18(15-6-8-16(19)9-7-15)17-11-13(3)12(2)10-14(17)4/h6-11,18,20H,5H2,1-4H3. The van der Waals surface area contributed by atoms with E-state index in [2.05, 4.69) is 92.0 Å². The molecule has 0 aliphatic carbocycles. The third-order valence-corrected chi connectivity index (χ3v) is 4.52. The van der Waals surface area contributed by atoms with Crippen LogP contribution in [0, 0.1) is 24.3 Å². The maximum absolute atomic E-state index is 3.62. The van der Waals surface area contributed by atoms with Crippen molar-refractivity contribution in [3.8, 4) is 0 Å². The Kier molecular flexibility index (Phi) is 5.22. The summed E-state index contributed by atoms with van der Waals surface area (Å²) in [5.74, 6) is 0. The summed E-state index contributed by atoms with van der Waals surface area (Å²) in [5, 5.41) is 3.62. The highest BCUT2D eigenvalue weighted by molar-refractivity contribution is 14.1. The summed E-state index contributed by atoms with van der Waals surface area (Å²) < 4.78 is 1.28. The smallest absolute Gasteiger partial charge is 0.0579 e. The van der Waals surface area contributed by atoms with E-state index in [-0.39, 0.29) is 6.04 Å². The van der Waals surface area contributed by atoms with Gasteiger partial charge in [0.2, 0.25) is 0 Å². The fourth-order valence-electron chi connectivity index (χ4n) is 2.56. The van der Waals surface area contributed by atoms with Gasteiger partial charge in [-0.3, -0.25) is 0 Å². The van der Waals surface area contributed by atoms with E-state index in [1.807, 2.05) is 0 Å². The molecule has 106 valence electrons. The van der Waals surface area contributed by atoms with Crippen molar-refractivity contribution in [3.63, 3.8) is 0 Å². The molecule has 0 bridgehead atoms. The van der Waals surface area contributed by atoms with E-state index in [9.17, 15) is 0 Å².